The molecule has 2 aromatic rings. The molecule has 4 amide bonds. The maximum Gasteiger partial charge on any atom is 0.335 e. The van der Waals surface area contributed by atoms with Gasteiger partial charge in [0.1, 0.15) is 11.3 Å². The number of nitrogens with zero attached hydrogens (tertiary/aromatic N) is 1. The van der Waals surface area contributed by atoms with E-state index in [0.29, 0.717) is 33.7 Å². The first-order valence-electron chi connectivity index (χ1n) is 11.0. The molecule has 0 unspecified atom stereocenters. The third-order valence-electron chi connectivity index (χ3n) is 5.21. The molecule has 1 aliphatic rings. The van der Waals surface area contributed by atoms with Gasteiger partial charge in [-0.05, 0) is 55.0 Å². The van der Waals surface area contributed by atoms with Gasteiger partial charge < -0.3 is 4.74 Å². The van der Waals surface area contributed by atoms with E-state index in [9.17, 15) is 14.4 Å². The first kappa shape index (κ1) is 24.8. The number of unbranched alkanes of at least 4 members (excludes halogenated alkanes) is 5. The summed E-state index contributed by atoms with van der Waals surface area (Å²) >= 11 is 12.1. The second-order valence-corrected chi connectivity index (χ2v) is 8.61. The summed E-state index contributed by atoms with van der Waals surface area (Å²) in [6, 6.07) is 10.4. The van der Waals surface area contributed by atoms with Crippen LogP contribution in [0.5, 0.6) is 5.75 Å². The zero-order valence-corrected chi connectivity index (χ0v) is 19.9. The van der Waals surface area contributed by atoms with E-state index in [1.54, 1.807) is 30.3 Å². The van der Waals surface area contributed by atoms with Gasteiger partial charge in [-0.25, -0.2) is 9.69 Å². The summed E-state index contributed by atoms with van der Waals surface area (Å²) < 4.78 is 5.92. The number of urea groups is 1. The molecule has 0 bridgehead atoms. The predicted octanol–water partition coefficient (Wildman–Crippen LogP) is 6.40. The number of imide groups is 2. The van der Waals surface area contributed by atoms with Crippen molar-refractivity contribution in [2.45, 2.75) is 45.4 Å². The molecule has 33 heavy (non-hydrogen) atoms. The average Bonchev–Trinajstić information content (AvgIpc) is 2.78. The van der Waals surface area contributed by atoms with Crippen molar-refractivity contribution in [1.29, 1.82) is 0 Å². The molecule has 0 aromatic heterocycles. The molecule has 1 saturated heterocycles. The van der Waals surface area contributed by atoms with Crippen LogP contribution in [-0.2, 0) is 9.59 Å². The van der Waals surface area contributed by atoms with Crippen molar-refractivity contribution in [3.8, 4) is 5.75 Å². The number of halogens is 2. The Bertz CT molecular complexity index is 1050. The average molecular weight is 489 g/mol. The van der Waals surface area contributed by atoms with Gasteiger partial charge in [-0.2, -0.15) is 0 Å². The highest BCUT2D eigenvalue weighted by Crippen LogP contribution is 2.28. The normalized spacial score (nSPS) is 15.2. The van der Waals surface area contributed by atoms with Gasteiger partial charge in [0.25, 0.3) is 11.8 Å². The van der Waals surface area contributed by atoms with Gasteiger partial charge in [-0.3, -0.25) is 14.9 Å². The number of amides is 4. The molecular formula is C25H26Cl2N2O4. The first-order valence-corrected chi connectivity index (χ1v) is 11.8. The molecule has 8 heteroatoms. The molecule has 3 rings (SSSR count). The van der Waals surface area contributed by atoms with E-state index in [4.69, 9.17) is 27.9 Å². The minimum Gasteiger partial charge on any atom is -0.493 e. The Kier molecular flexibility index (Phi) is 8.92. The molecule has 0 atom stereocenters. The summed E-state index contributed by atoms with van der Waals surface area (Å²) in [6.45, 7) is 2.70. The van der Waals surface area contributed by atoms with Crippen molar-refractivity contribution in [2.75, 3.05) is 11.5 Å². The number of anilines is 1. The zero-order chi connectivity index (χ0) is 23.8. The van der Waals surface area contributed by atoms with Gasteiger partial charge >= 0.3 is 6.03 Å². The number of benzene rings is 2. The molecule has 6 nitrogen and oxygen atoms in total. The van der Waals surface area contributed by atoms with Crippen molar-refractivity contribution in [1.82, 2.24) is 5.32 Å². The van der Waals surface area contributed by atoms with Crippen LogP contribution >= 0.6 is 23.2 Å². The van der Waals surface area contributed by atoms with Crippen LogP contribution in [0.1, 0.15) is 51.0 Å². The first-order chi connectivity index (χ1) is 15.9. The van der Waals surface area contributed by atoms with E-state index < -0.39 is 17.8 Å². The van der Waals surface area contributed by atoms with Gasteiger partial charge in [0.05, 0.1) is 12.3 Å². The number of hydrogen-bond acceptors (Lipinski definition) is 4. The summed E-state index contributed by atoms with van der Waals surface area (Å²) in [5, 5.41) is 3.10. The molecule has 1 N–H and O–H groups in total. The van der Waals surface area contributed by atoms with Crippen LogP contribution in [0.15, 0.2) is 48.0 Å². The van der Waals surface area contributed by atoms with E-state index in [1.165, 1.54) is 37.5 Å². The van der Waals surface area contributed by atoms with E-state index >= 15 is 0 Å². The van der Waals surface area contributed by atoms with Crippen molar-refractivity contribution in [3.05, 3.63) is 63.6 Å². The number of ether oxygens (including phenoxy) is 1. The monoisotopic (exact) mass is 488 g/mol. The molecule has 0 radical (unpaired) electrons. The van der Waals surface area contributed by atoms with Crippen molar-refractivity contribution in [2.24, 2.45) is 0 Å². The quantitative estimate of drug-likeness (QED) is 0.238. The third kappa shape index (κ3) is 6.59. The highest BCUT2D eigenvalue weighted by molar-refractivity contribution is 6.39. The van der Waals surface area contributed by atoms with Crippen LogP contribution in [-0.4, -0.2) is 24.5 Å². The minimum absolute atomic E-state index is 0.198. The standard InChI is InChI=1S/C25H26Cl2N2O4/c1-2-3-4-5-6-7-14-33-22-13-10-19(27)15-17(22)16-21-23(30)28-25(32)29(24(21)31)20-11-8-18(26)9-12-20/h8-13,15-16H,2-7,14H2,1H3,(H,28,30,32). The van der Waals surface area contributed by atoms with E-state index in [1.807, 2.05) is 0 Å². The number of hydrogen-bond donors (Lipinski definition) is 1. The lowest BCUT2D eigenvalue weighted by atomic mass is 10.1. The lowest BCUT2D eigenvalue weighted by Crippen LogP contribution is -2.54. The van der Waals surface area contributed by atoms with Gasteiger partial charge in [-0.1, -0.05) is 62.2 Å². The fourth-order valence-corrected chi connectivity index (χ4v) is 3.77. The second-order valence-electron chi connectivity index (χ2n) is 7.73. The summed E-state index contributed by atoms with van der Waals surface area (Å²) in [6.07, 6.45) is 8.19. The van der Waals surface area contributed by atoms with Crippen LogP contribution in [0.4, 0.5) is 10.5 Å². The lowest BCUT2D eigenvalue weighted by Gasteiger charge is -2.26. The molecule has 0 spiro atoms. The molecular weight excluding hydrogens is 463 g/mol. The smallest absolute Gasteiger partial charge is 0.335 e. The number of carbonyl (C=O) groups excluding carboxylic acids is 3. The predicted molar refractivity (Wildman–Crippen MR) is 131 cm³/mol. The van der Waals surface area contributed by atoms with Gasteiger partial charge in [-0.15, -0.1) is 0 Å². The Morgan fingerprint density at radius 2 is 1.58 bits per heavy atom. The number of nitrogens with one attached hydrogen (secondary N) is 1. The SMILES string of the molecule is CCCCCCCCOc1ccc(Cl)cc1C=C1C(=O)NC(=O)N(c2ccc(Cl)cc2)C1=O. The van der Waals surface area contributed by atoms with E-state index in [-0.39, 0.29) is 5.57 Å². The Labute approximate surface area is 203 Å². The maximum atomic E-state index is 13.1. The van der Waals surface area contributed by atoms with Crippen LogP contribution in [0.3, 0.4) is 0 Å². The fraction of sp³-hybridized carbons (Fsp3) is 0.320. The molecule has 2 aromatic carbocycles. The number of rotatable bonds is 10. The lowest BCUT2D eigenvalue weighted by molar-refractivity contribution is -0.122. The molecule has 0 saturated carbocycles. The molecule has 1 fully saturated rings. The molecule has 174 valence electrons. The van der Waals surface area contributed by atoms with Crippen LogP contribution < -0.4 is 15.0 Å². The van der Waals surface area contributed by atoms with Crippen LogP contribution in [0.25, 0.3) is 6.08 Å². The zero-order valence-electron chi connectivity index (χ0n) is 18.4. The molecule has 1 heterocycles. The minimum atomic E-state index is -0.824. The molecule has 1 aliphatic heterocycles. The van der Waals surface area contributed by atoms with E-state index in [0.717, 1.165) is 24.2 Å². The van der Waals surface area contributed by atoms with Crippen LogP contribution in [0.2, 0.25) is 10.0 Å². The Balaban J connectivity index is 1.79. The third-order valence-corrected chi connectivity index (χ3v) is 5.70. The van der Waals surface area contributed by atoms with Gasteiger partial charge in [0.2, 0.25) is 0 Å². The highest BCUT2D eigenvalue weighted by Gasteiger charge is 2.37. The largest absolute Gasteiger partial charge is 0.493 e. The summed E-state index contributed by atoms with van der Waals surface area (Å²) in [4.78, 5) is 38.8. The summed E-state index contributed by atoms with van der Waals surface area (Å²) in [5.74, 6) is -1.01. The molecule has 0 aliphatic carbocycles. The Morgan fingerprint density at radius 3 is 2.30 bits per heavy atom. The van der Waals surface area contributed by atoms with Crippen LogP contribution in [0, 0.1) is 0 Å². The van der Waals surface area contributed by atoms with Crippen molar-refractivity contribution in [3.63, 3.8) is 0 Å². The van der Waals surface area contributed by atoms with E-state index in [2.05, 4.69) is 12.2 Å². The summed E-state index contributed by atoms with van der Waals surface area (Å²) in [7, 11) is 0. The summed E-state index contributed by atoms with van der Waals surface area (Å²) in [5.41, 5.74) is 0.583. The van der Waals surface area contributed by atoms with Crippen molar-refractivity contribution >= 4 is 52.8 Å². The number of barbiturate groups is 1. The second kappa shape index (κ2) is 11.9. The van der Waals surface area contributed by atoms with Gasteiger partial charge in [0, 0.05) is 15.6 Å². The fourth-order valence-electron chi connectivity index (χ4n) is 3.47. The topological polar surface area (TPSA) is 75.7 Å². The Morgan fingerprint density at radius 1 is 0.909 bits per heavy atom. The highest BCUT2D eigenvalue weighted by atomic mass is 35.5. The number of carbonyl (C=O) groups is 3. The van der Waals surface area contributed by atoms with Crippen molar-refractivity contribution < 1.29 is 19.1 Å². The maximum absolute atomic E-state index is 13.1. The van der Waals surface area contributed by atoms with Gasteiger partial charge in [0.15, 0.2) is 0 Å². The Hall–Kier alpha value is -2.83.